The van der Waals surface area contributed by atoms with Gasteiger partial charge in [0.05, 0.1) is 0 Å². The summed E-state index contributed by atoms with van der Waals surface area (Å²) in [6.45, 7) is 2.74. The van der Waals surface area contributed by atoms with Crippen LogP contribution in [-0.4, -0.2) is 24.0 Å². The summed E-state index contributed by atoms with van der Waals surface area (Å²) in [5, 5.41) is 17.1. The maximum atomic E-state index is 8.54. The minimum atomic E-state index is -1.60. The predicted octanol–water partition coefficient (Wildman–Crippen LogP) is 3.91. The molecule has 0 saturated carbocycles. The Balaban J connectivity index is -0.00000312. The monoisotopic (exact) mass is 410 g/mol. The third-order valence-electron chi connectivity index (χ3n) is 5.26. The van der Waals surface area contributed by atoms with E-state index in [-0.39, 0.29) is 52.8 Å². The number of unbranched alkanes of at least 4 members (excludes halogenated alkanes) is 19. The number of rotatable bonds is 22. The zero-order chi connectivity index (χ0) is 19.1. The van der Waals surface area contributed by atoms with E-state index in [1.54, 1.807) is 0 Å². The van der Waals surface area contributed by atoms with E-state index in [9.17, 15) is 0 Å². The molecule has 0 aliphatic heterocycles. The van der Waals surface area contributed by atoms with Crippen LogP contribution in [0, 0.1) is 0 Å². The van der Waals surface area contributed by atoms with Crippen LogP contribution in [0.5, 0.6) is 0 Å². The molecule has 3 nitrogen and oxygen atoms in total. The quantitative estimate of drug-likeness (QED) is 0.210. The van der Waals surface area contributed by atoms with Crippen LogP contribution in [0.25, 0.3) is 0 Å². The molecule has 0 saturated heterocycles. The van der Waals surface area contributed by atoms with Crippen molar-refractivity contribution in [3.63, 3.8) is 0 Å². The van der Waals surface area contributed by atoms with Crippen LogP contribution in [0.1, 0.15) is 137 Å². The smallest absolute Gasteiger partial charge is 1.00 e. The van der Waals surface area contributed by atoms with Crippen molar-refractivity contribution in [1.29, 1.82) is 0 Å². The fraction of sp³-hybridized carbons (Fsp3) is 1.00. The molecule has 0 rings (SSSR count). The Morgan fingerprint density at radius 1 is 0.519 bits per heavy atom. The Kier molecular flexibility index (Phi) is 31.4. The van der Waals surface area contributed by atoms with E-state index in [2.05, 4.69) is 11.6 Å². The molecule has 0 aliphatic carbocycles. The van der Waals surface area contributed by atoms with E-state index in [1.165, 1.54) is 116 Å². The molecule has 2 N–H and O–H groups in total. The molecule has 0 heterocycles. The normalized spacial score (nSPS) is 10.8. The number of hydrogen-bond donors (Lipinski definition) is 2. The fourth-order valence-electron chi connectivity index (χ4n) is 3.55. The second-order valence-electron chi connectivity index (χ2n) is 7.91. The topological polar surface area (TPSA) is 49.7 Å². The van der Waals surface area contributed by atoms with Gasteiger partial charge in [-0.1, -0.05) is 129 Å². The van der Waals surface area contributed by atoms with Gasteiger partial charge in [-0.3, -0.25) is 0 Å². The van der Waals surface area contributed by atoms with Crippen molar-refractivity contribution in [2.45, 2.75) is 135 Å². The van der Waals surface area contributed by atoms with Crippen molar-refractivity contribution >= 4 is 7.32 Å². The third-order valence-corrected chi connectivity index (χ3v) is 5.26. The molecule has 158 valence electrons. The maximum absolute atomic E-state index is 8.54. The van der Waals surface area contributed by atoms with Crippen molar-refractivity contribution in [1.82, 2.24) is 0 Å². The molecule has 0 radical (unpaired) electrons. The van der Waals surface area contributed by atoms with Crippen molar-refractivity contribution in [2.75, 3.05) is 6.61 Å². The Hall–Kier alpha value is 1.58. The zero-order valence-corrected chi connectivity index (χ0v) is 21.9. The third kappa shape index (κ3) is 29.9. The molecule has 5 heteroatoms. The molecular weight excluding hydrogens is 362 g/mol. The van der Waals surface area contributed by atoms with Gasteiger partial charge in [0.1, 0.15) is 0 Å². The molecule has 0 unspecified atom stereocenters. The van der Waals surface area contributed by atoms with Crippen LogP contribution >= 0.6 is 0 Å². The van der Waals surface area contributed by atoms with Gasteiger partial charge in [-0.2, -0.15) is 0 Å². The van der Waals surface area contributed by atoms with E-state index in [0.29, 0.717) is 6.61 Å². The minimum Gasteiger partial charge on any atom is -1.00 e. The Morgan fingerprint density at radius 3 is 1.04 bits per heavy atom. The average Bonchev–Trinajstić information content (AvgIpc) is 2.62. The minimum absolute atomic E-state index is 0. The van der Waals surface area contributed by atoms with Crippen LogP contribution in [0.3, 0.4) is 0 Å². The van der Waals surface area contributed by atoms with Crippen LogP contribution < -0.4 is 51.4 Å². The SMILES string of the molecule is CCCCCCCCCCCCCCCCCCCCCCOB(O)O.[H-].[K+]. The van der Waals surface area contributed by atoms with Crippen molar-refractivity contribution in [3.05, 3.63) is 0 Å². The van der Waals surface area contributed by atoms with E-state index < -0.39 is 7.32 Å². The van der Waals surface area contributed by atoms with E-state index in [4.69, 9.17) is 10.0 Å². The van der Waals surface area contributed by atoms with Crippen molar-refractivity contribution in [2.24, 2.45) is 0 Å². The zero-order valence-electron chi connectivity index (χ0n) is 19.7. The summed E-state index contributed by atoms with van der Waals surface area (Å²) in [6.07, 6.45) is 27.4. The first kappa shape index (κ1) is 30.8. The van der Waals surface area contributed by atoms with E-state index in [0.717, 1.165) is 12.8 Å². The number of hydrogen-bond acceptors (Lipinski definition) is 3. The Morgan fingerprint density at radius 2 is 0.778 bits per heavy atom. The van der Waals surface area contributed by atoms with Gasteiger partial charge in [-0.15, -0.1) is 0 Å². The van der Waals surface area contributed by atoms with E-state index in [1.807, 2.05) is 0 Å². The van der Waals surface area contributed by atoms with Gasteiger partial charge in [0.25, 0.3) is 0 Å². The van der Waals surface area contributed by atoms with Crippen molar-refractivity contribution < 1.29 is 67.5 Å². The van der Waals surface area contributed by atoms with Crippen LogP contribution in [0.15, 0.2) is 0 Å². The molecule has 27 heavy (non-hydrogen) atoms. The van der Waals surface area contributed by atoms with Gasteiger partial charge in [0.15, 0.2) is 0 Å². The summed E-state index contributed by atoms with van der Waals surface area (Å²) in [7, 11) is -1.60. The summed E-state index contributed by atoms with van der Waals surface area (Å²) >= 11 is 0. The summed E-state index contributed by atoms with van der Waals surface area (Å²) < 4.78 is 4.69. The molecular formula is C22H48BKO3. The second kappa shape index (κ2) is 27.6. The van der Waals surface area contributed by atoms with Gasteiger partial charge in [-0.25, -0.2) is 0 Å². The molecule has 0 aromatic rings. The van der Waals surface area contributed by atoms with Crippen LogP contribution in [-0.2, 0) is 4.65 Å². The van der Waals surface area contributed by atoms with Gasteiger partial charge in [0, 0.05) is 6.61 Å². The van der Waals surface area contributed by atoms with Crippen LogP contribution in [0.2, 0.25) is 0 Å². The van der Waals surface area contributed by atoms with Gasteiger partial charge in [0.2, 0.25) is 0 Å². The van der Waals surface area contributed by atoms with Crippen LogP contribution in [0.4, 0.5) is 0 Å². The Bertz CT molecular complexity index is 262. The molecule has 0 fully saturated rings. The van der Waals surface area contributed by atoms with Crippen molar-refractivity contribution in [3.8, 4) is 0 Å². The van der Waals surface area contributed by atoms with Gasteiger partial charge in [-0.05, 0) is 6.42 Å². The Labute approximate surface area is 214 Å². The molecule has 0 amide bonds. The molecule has 0 aliphatic rings. The van der Waals surface area contributed by atoms with Gasteiger partial charge >= 0.3 is 58.7 Å². The standard InChI is InChI=1S/C22H47BO3.K.H/c1-2-3-4-5-6-7-8-9-10-11-12-13-14-15-16-17-18-19-20-21-22-26-23(24)25;;/h24-25H,2-22H2,1H3;;/q;+1;-1. The first-order valence-corrected chi connectivity index (χ1v) is 11.7. The second-order valence-corrected chi connectivity index (χ2v) is 7.91. The summed E-state index contributed by atoms with van der Waals surface area (Å²) in [6, 6.07) is 0. The molecule has 0 aromatic carbocycles. The first-order chi connectivity index (χ1) is 12.8. The van der Waals surface area contributed by atoms with E-state index >= 15 is 0 Å². The largest absolute Gasteiger partial charge is 1.00 e. The van der Waals surface area contributed by atoms with Gasteiger partial charge < -0.3 is 16.1 Å². The molecule has 0 bridgehead atoms. The predicted molar refractivity (Wildman–Crippen MR) is 115 cm³/mol. The maximum Gasteiger partial charge on any atom is 1.00 e. The molecule has 0 atom stereocenters. The fourth-order valence-corrected chi connectivity index (χ4v) is 3.55. The molecule has 0 aromatic heterocycles. The first-order valence-electron chi connectivity index (χ1n) is 11.7. The summed E-state index contributed by atoms with van der Waals surface area (Å²) in [5.74, 6) is 0. The summed E-state index contributed by atoms with van der Waals surface area (Å²) in [4.78, 5) is 0. The molecule has 0 spiro atoms. The average molecular weight is 411 g/mol. The summed E-state index contributed by atoms with van der Waals surface area (Å²) in [5.41, 5.74) is 0.